The molecule has 1 N–H and O–H groups in total. The van der Waals surface area contributed by atoms with Gasteiger partial charge in [-0.3, -0.25) is 5.32 Å². The maximum Gasteiger partial charge on any atom is 0.323 e. The predicted molar refractivity (Wildman–Crippen MR) is 82.5 cm³/mol. The average Bonchev–Trinajstić information content (AvgIpc) is 3.15. The smallest absolute Gasteiger partial charge is 0.321 e. The Bertz CT molecular complexity index is 542. The number of nitrogens with one attached hydrogen (secondary N) is 1. The number of anilines is 1. The number of likely N-dealkylation sites (tertiary alicyclic amines) is 1. The second-order valence-electron chi connectivity index (χ2n) is 6.80. The van der Waals surface area contributed by atoms with Crippen molar-refractivity contribution in [1.29, 1.82) is 0 Å². The summed E-state index contributed by atoms with van der Waals surface area (Å²) < 4.78 is 0. The lowest BCUT2D eigenvalue weighted by Crippen LogP contribution is -2.41. The van der Waals surface area contributed by atoms with Crippen LogP contribution < -0.4 is 5.32 Å². The molecule has 3 fully saturated rings. The fraction of sp³-hybridized carbons (Fsp3) is 0.800. The van der Waals surface area contributed by atoms with Gasteiger partial charge in [-0.05, 0) is 37.5 Å². The first-order valence-electron chi connectivity index (χ1n) is 8.13. The summed E-state index contributed by atoms with van der Waals surface area (Å²) in [6, 6.07) is 0.458. The Labute approximate surface area is 129 Å². The van der Waals surface area contributed by atoms with Crippen molar-refractivity contribution in [3.05, 3.63) is 5.01 Å². The maximum atomic E-state index is 12.6. The fourth-order valence-electron chi connectivity index (χ4n) is 3.95. The lowest BCUT2D eigenvalue weighted by Gasteiger charge is -2.31. The highest BCUT2D eigenvalue weighted by Gasteiger charge is 2.42. The van der Waals surface area contributed by atoms with E-state index in [-0.39, 0.29) is 6.03 Å². The van der Waals surface area contributed by atoms with Gasteiger partial charge in [-0.25, -0.2) is 4.79 Å². The number of nitrogens with zero attached hydrogens (tertiary/aromatic N) is 3. The molecule has 114 valence electrons. The molecular formula is C15H22N4OS. The van der Waals surface area contributed by atoms with Gasteiger partial charge in [-0.1, -0.05) is 31.1 Å². The first kappa shape index (κ1) is 13.5. The molecule has 2 saturated carbocycles. The molecule has 21 heavy (non-hydrogen) atoms. The van der Waals surface area contributed by atoms with Crippen molar-refractivity contribution in [3.8, 4) is 0 Å². The second kappa shape index (κ2) is 5.23. The van der Waals surface area contributed by atoms with Gasteiger partial charge in [-0.15, -0.1) is 10.2 Å². The van der Waals surface area contributed by atoms with Gasteiger partial charge >= 0.3 is 6.03 Å². The highest BCUT2D eigenvalue weighted by molar-refractivity contribution is 7.15. The van der Waals surface area contributed by atoms with Crippen LogP contribution in [0.2, 0.25) is 0 Å². The van der Waals surface area contributed by atoms with Crippen molar-refractivity contribution in [1.82, 2.24) is 15.1 Å². The second-order valence-corrected chi connectivity index (χ2v) is 7.80. The van der Waals surface area contributed by atoms with E-state index in [4.69, 9.17) is 0 Å². The minimum Gasteiger partial charge on any atom is -0.321 e. The van der Waals surface area contributed by atoms with Gasteiger partial charge in [0.05, 0.1) is 0 Å². The van der Waals surface area contributed by atoms with E-state index in [1.54, 1.807) is 0 Å². The molecule has 3 aliphatic rings. The Morgan fingerprint density at radius 3 is 2.86 bits per heavy atom. The van der Waals surface area contributed by atoms with Crippen molar-refractivity contribution in [3.63, 3.8) is 0 Å². The topological polar surface area (TPSA) is 58.1 Å². The molecule has 5 nitrogen and oxygen atoms in total. The third kappa shape index (κ3) is 2.54. The van der Waals surface area contributed by atoms with Gasteiger partial charge in [0.15, 0.2) is 0 Å². The molecule has 2 heterocycles. The zero-order valence-corrected chi connectivity index (χ0v) is 13.2. The summed E-state index contributed by atoms with van der Waals surface area (Å²) in [4.78, 5) is 14.6. The summed E-state index contributed by atoms with van der Waals surface area (Å²) >= 11 is 1.54. The summed E-state index contributed by atoms with van der Waals surface area (Å²) in [6.07, 6.45) is 7.45. The van der Waals surface area contributed by atoms with Crippen LogP contribution in [-0.4, -0.2) is 33.7 Å². The van der Waals surface area contributed by atoms with Crippen LogP contribution in [0.3, 0.4) is 0 Å². The lowest BCUT2D eigenvalue weighted by atomic mass is 9.80. The zero-order chi connectivity index (χ0) is 14.4. The molecule has 1 saturated heterocycles. The third-order valence-corrected chi connectivity index (χ3v) is 6.24. The van der Waals surface area contributed by atoms with Crippen LogP contribution in [0.5, 0.6) is 0 Å². The molecule has 1 aromatic heterocycles. The summed E-state index contributed by atoms with van der Waals surface area (Å²) in [6.45, 7) is 3.17. The molecule has 0 radical (unpaired) electrons. The van der Waals surface area contributed by atoms with Crippen LogP contribution >= 0.6 is 11.3 Å². The third-order valence-electron chi connectivity index (χ3n) is 5.24. The molecule has 2 amide bonds. The minimum absolute atomic E-state index is 0.0229. The number of aromatic nitrogens is 2. The summed E-state index contributed by atoms with van der Waals surface area (Å²) in [5.41, 5.74) is 0. The summed E-state index contributed by atoms with van der Waals surface area (Å²) in [5.74, 6) is 1.92. The molecule has 3 unspecified atom stereocenters. The van der Waals surface area contributed by atoms with Gasteiger partial charge in [0, 0.05) is 18.5 Å². The monoisotopic (exact) mass is 306 g/mol. The molecule has 0 spiro atoms. The Morgan fingerprint density at radius 1 is 1.24 bits per heavy atom. The lowest BCUT2D eigenvalue weighted by molar-refractivity contribution is 0.180. The average molecular weight is 306 g/mol. The highest BCUT2D eigenvalue weighted by Crippen LogP contribution is 2.42. The van der Waals surface area contributed by atoms with Gasteiger partial charge in [0.2, 0.25) is 5.13 Å². The predicted octanol–water partition coefficient (Wildman–Crippen LogP) is 3.46. The van der Waals surface area contributed by atoms with E-state index in [1.165, 1.54) is 43.4 Å². The largest absolute Gasteiger partial charge is 0.323 e. The van der Waals surface area contributed by atoms with Gasteiger partial charge in [-0.2, -0.15) is 0 Å². The molecule has 2 aliphatic carbocycles. The number of amides is 2. The number of carbonyl (C=O) groups excluding carboxylic acids is 1. The Hall–Kier alpha value is -1.17. The van der Waals surface area contributed by atoms with E-state index in [0.717, 1.165) is 18.0 Å². The Balaban J connectivity index is 1.43. The molecule has 1 aromatic rings. The van der Waals surface area contributed by atoms with E-state index < -0.39 is 0 Å². The Kier molecular flexibility index (Phi) is 3.36. The number of carbonyl (C=O) groups is 1. The molecule has 6 heteroatoms. The quantitative estimate of drug-likeness (QED) is 0.910. The van der Waals surface area contributed by atoms with Crippen LogP contribution in [0.1, 0.15) is 56.4 Å². The van der Waals surface area contributed by atoms with Crippen LogP contribution in [0, 0.1) is 11.8 Å². The van der Waals surface area contributed by atoms with E-state index >= 15 is 0 Å². The van der Waals surface area contributed by atoms with Crippen LogP contribution in [0.4, 0.5) is 9.93 Å². The van der Waals surface area contributed by atoms with E-state index in [2.05, 4.69) is 22.4 Å². The maximum absolute atomic E-state index is 12.6. The van der Waals surface area contributed by atoms with Crippen LogP contribution in [0.15, 0.2) is 0 Å². The normalized spacial score (nSPS) is 32.0. The molecule has 3 atom stereocenters. The summed E-state index contributed by atoms with van der Waals surface area (Å²) in [7, 11) is 0. The number of rotatable bonds is 2. The first-order chi connectivity index (χ1) is 10.2. The van der Waals surface area contributed by atoms with Crippen molar-refractivity contribution in [2.75, 3.05) is 11.9 Å². The zero-order valence-electron chi connectivity index (χ0n) is 12.4. The van der Waals surface area contributed by atoms with Crippen LogP contribution in [0.25, 0.3) is 0 Å². The van der Waals surface area contributed by atoms with Crippen molar-refractivity contribution in [2.45, 2.75) is 57.4 Å². The van der Waals surface area contributed by atoms with Gasteiger partial charge in [0.25, 0.3) is 0 Å². The van der Waals surface area contributed by atoms with Gasteiger partial charge in [0.1, 0.15) is 5.01 Å². The number of fused-ring (bicyclic) bond motifs is 1. The van der Waals surface area contributed by atoms with Crippen molar-refractivity contribution >= 4 is 22.5 Å². The highest BCUT2D eigenvalue weighted by atomic mass is 32.1. The summed E-state index contributed by atoms with van der Waals surface area (Å²) in [5, 5.41) is 13.0. The van der Waals surface area contributed by atoms with E-state index in [1.807, 2.05) is 4.90 Å². The number of urea groups is 1. The molecule has 0 bridgehead atoms. The first-order valence-corrected chi connectivity index (χ1v) is 8.95. The van der Waals surface area contributed by atoms with E-state index in [9.17, 15) is 4.79 Å². The molecular weight excluding hydrogens is 284 g/mol. The van der Waals surface area contributed by atoms with Crippen LogP contribution in [-0.2, 0) is 0 Å². The van der Waals surface area contributed by atoms with Crippen molar-refractivity contribution in [2.24, 2.45) is 11.8 Å². The molecule has 1 aliphatic heterocycles. The number of hydrogen-bond acceptors (Lipinski definition) is 4. The fourth-order valence-corrected chi connectivity index (χ4v) is 4.85. The SMILES string of the molecule is CC1CN(C(=O)Nc2nnc(C3CC3)s2)C2CCCCC12. The number of hydrogen-bond donors (Lipinski definition) is 1. The minimum atomic E-state index is 0.0229. The van der Waals surface area contributed by atoms with E-state index in [0.29, 0.717) is 28.9 Å². The van der Waals surface area contributed by atoms with Crippen molar-refractivity contribution < 1.29 is 4.79 Å². The van der Waals surface area contributed by atoms with Gasteiger partial charge < -0.3 is 4.90 Å². The molecule has 0 aromatic carbocycles. The molecule has 4 rings (SSSR count). The Morgan fingerprint density at radius 2 is 2.05 bits per heavy atom. The standard InChI is InChI=1S/C15H22N4OS/c1-9-8-19(12-5-3-2-4-11(9)12)15(20)16-14-18-17-13(21-14)10-6-7-10/h9-12H,2-8H2,1H3,(H,16,18,20).